The second-order valence-corrected chi connectivity index (χ2v) is 7.37. The fraction of sp³-hybridized carbons (Fsp3) is 0.0833. The van der Waals surface area contributed by atoms with E-state index in [-0.39, 0.29) is 11.3 Å². The molecule has 0 aliphatic heterocycles. The van der Waals surface area contributed by atoms with Gasteiger partial charge in [-0.05, 0) is 46.9 Å². The Balaban J connectivity index is 1.38. The van der Waals surface area contributed by atoms with Crippen LogP contribution in [0.3, 0.4) is 0 Å². The number of hydrogen-bond acceptors (Lipinski definition) is 4. The molecule has 152 valence electrons. The molecular weight excluding hydrogens is 392 g/mol. The highest BCUT2D eigenvalue weighted by Crippen LogP contribution is 2.36. The van der Waals surface area contributed by atoms with Crippen molar-refractivity contribution < 1.29 is 14.7 Å². The largest absolute Gasteiger partial charge is 0.478 e. The lowest BCUT2D eigenvalue weighted by atomic mass is 9.98. The number of aromatic nitrogens is 2. The first-order chi connectivity index (χ1) is 15.1. The Morgan fingerprint density at radius 1 is 1.03 bits per heavy atom. The topological polar surface area (TPSA) is 107 Å². The maximum absolute atomic E-state index is 12.5. The first-order valence-electron chi connectivity index (χ1n) is 9.87. The standard InChI is InChI=1S/C24H18N4O3/c29-23(28-25-13-16-4-1-2-6-17(16)24(30)31)21-12-20(26-27-21)18-11-10-15-9-8-14-5-3-7-19(18)22(14)15/h1-7,10-13H,8-9H2,(H,26,27)(H,28,29)(H,30,31)/b25-13-. The minimum Gasteiger partial charge on any atom is -0.478 e. The SMILES string of the molecule is O=C(N/N=C\c1ccccc1C(=O)O)c1cc(-c2ccc3c4c(cccc24)CC3)n[nH]1. The summed E-state index contributed by atoms with van der Waals surface area (Å²) in [5.41, 5.74) is 7.52. The second-order valence-electron chi connectivity index (χ2n) is 7.37. The van der Waals surface area contributed by atoms with Crippen molar-refractivity contribution >= 4 is 28.9 Å². The number of aromatic amines is 1. The molecule has 7 heteroatoms. The summed E-state index contributed by atoms with van der Waals surface area (Å²) in [5.74, 6) is -1.52. The number of carboxylic acid groups (broad SMARTS) is 1. The quantitative estimate of drug-likeness (QED) is 0.344. The van der Waals surface area contributed by atoms with Crippen LogP contribution in [0.1, 0.15) is 37.5 Å². The van der Waals surface area contributed by atoms with Crippen LogP contribution in [0.5, 0.6) is 0 Å². The molecule has 0 atom stereocenters. The summed E-state index contributed by atoms with van der Waals surface area (Å²) in [6.45, 7) is 0. The van der Waals surface area contributed by atoms with Gasteiger partial charge in [0.25, 0.3) is 5.91 Å². The number of aryl methyl sites for hydroxylation is 2. The normalized spacial score (nSPS) is 12.5. The van der Waals surface area contributed by atoms with Crippen LogP contribution < -0.4 is 5.43 Å². The molecule has 1 aliphatic carbocycles. The van der Waals surface area contributed by atoms with Gasteiger partial charge in [0.05, 0.1) is 17.5 Å². The Kier molecular flexibility index (Phi) is 4.55. The Hall–Kier alpha value is -4.26. The molecule has 0 saturated carbocycles. The van der Waals surface area contributed by atoms with E-state index in [2.05, 4.69) is 45.0 Å². The summed E-state index contributed by atoms with van der Waals surface area (Å²) >= 11 is 0. The minimum atomic E-state index is -1.06. The van der Waals surface area contributed by atoms with E-state index in [0.29, 0.717) is 11.3 Å². The Labute approximate surface area is 177 Å². The molecule has 0 radical (unpaired) electrons. The smallest absolute Gasteiger partial charge is 0.336 e. The molecule has 0 fully saturated rings. The van der Waals surface area contributed by atoms with Crippen molar-refractivity contribution in [3.63, 3.8) is 0 Å². The lowest BCUT2D eigenvalue weighted by Gasteiger charge is -2.06. The van der Waals surface area contributed by atoms with Gasteiger partial charge in [-0.2, -0.15) is 10.2 Å². The fourth-order valence-electron chi connectivity index (χ4n) is 4.07. The first-order valence-corrected chi connectivity index (χ1v) is 9.87. The van der Waals surface area contributed by atoms with Crippen molar-refractivity contribution in [1.29, 1.82) is 0 Å². The van der Waals surface area contributed by atoms with Crippen LogP contribution in [-0.4, -0.2) is 33.4 Å². The zero-order chi connectivity index (χ0) is 21.4. The van der Waals surface area contributed by atoms with E-state index in [1.807, 2.05) is 6.07 Å². The number of rotatable bonds is 5. The summed E-state index contributed by atoms with van der Waals surface area (Å²) in [7, 11) is 0. The number of hydrogen-bond donors (Lipinski definition) is 3. The third-order valence-electron chi connectivity index (χ3n) is 5.54. The number of amides is 1. The zero-order valence-corrected chi connectivity index (χ0v) is 16.4. The molecule has 0 unspecified atom stereocenters. The molecule has 1 heterocycles. The lowest BCUT2D eigenvalue weighted by molar-refractivity contribution is 0.0696. The number of nitrogens with one attached hydrogen (secondary N) is 2. The van der Waals surface area contributed by atoms with Crippen molar-refractivity contribution in [2.24, 2.45) is 5.10 Å². The molecule has 0 spiro atoms. The summed E-state index contributed by atoms with van der Waals surface area (Å²) in [6.07, 6.45) is 3.41. The van der Waals surface area contributed by atoms with E-state index >= 15 is 0 Å². The highest BCUT2D eigenvalue weighted by molar-refractivity contribution is 6.02. The van der Waals surface area contributed by atoms with Gasteiger partial charge >= 0.3 is 5.97 Å². The number of carbonyl (C=O) groups excluding carboxylic acids is 1. The maximum Gasteiger partial charge on any atom is 0.336 e. The van der Waals surface area contributed by atoms with E-state index in [9.17, 15) is 14.7 Å². The maximum atomic E-state index is 12.5. The highest BCUT2D eigenvalue weighted by Gasteiger charge is 2.18. The molecule has 1 aromatic heterocycles. The van der Waals surface area contributed by atoms with Gasteiger partial charge in [0.15, 0.2) is 0 Å². The van der Waals surface area contributed by atoms with Gasteiger partial charge in [-0.25, -0.2) is 10.2 Å². The monoisotopic (exact) mass is 410 g/mol. The van der Waals surface area contributed by atoms with Crippen LogP contribution in [0.25, 0.3) is 22.0 Å². The van der Waals surface area contributed by atoms with E-state index in [0.717, 1.165) is 23.8 Å². The van der Waals surface area contributed by atoms with Crippen molar-refractivity contribution in [2.45, 2.75) is 12.8 Å². The highest BCUT2D eigenvalue weighted by atomic mass is 16.4. The average Bonchev–Trinajstić information content (AvgIpc) is 3.43. The molecule has 31 heavy (non-hydrogen) atoms. The Bertz CT molecular complexity index is 1360. The number of hydrazone groups is 1. The molecule has 0 bridgehead atoms. The van der Waals surface area contributed by atoms with Gasteiger partial charge in [0.1, 0.15) is 5.69 Å². The number of carboxylic acids is 1. The fourth-order valence-corrected chi connectivity index (χ4v) is 4.07. The number of nitrogens with zero attached hydrogens (tertiary/aromatic N) is 2. The molecule has 7 nitrogen and oxygen atoms in total. The summed E-state index contributed by atoms with van der Waals surface area (Å²) < 4.78 is 0. The minimum absolute atomic E-state index is 0.108. The molecule has 1 amide bonds. The summed E-state index contributed by atoms with van der Waals surface area (Å²) in [6, 6.07) is 18.6. The second kappa shape index (κ2) is 7.53. The number of H-pyrrole nitrogens is 1. The van der Waals surface area contributed by atoms with Crippen LogP contribution in [0.4, 0.5) is 0 Å². The van der Waals surface area contributed by atoms with E-state index < -0.39 is 11.9 Å². The Morgan fingerprint density at radius 3 is 2.68 bits per heavy atom. The number of benzene rings is 3. The predicted octanol–water partition coefficient (Wildman–Crippen LogP) is 3.79. The van der Waals surface area contributed by atoms with Crippen LogP contribution in [0.15, 0.2) is 65.8 Å². The molecule has 0 saturated heterocycles. The van der Waals surface area contributed by atoms with Gasteiger partial charge in [0.2, 0.25) is 0 Å². The van der Waals surface area contributed by atoms with Crippen LogP contribution in [0.2, 0.25) is 0 Å². The van der Waals surface area contributed by atoms with Crippen LogP contribution in [0, 0.1) is 0 Å². The van der Waals surface area contributed by atoms with Crippen molar-refractivity contribution in [1.82, 2.24) is 15.6 Å². The van der Waals surface area contributed by atoms with Gasteiger partial charge in [-0.3, -0.25) is 9.89 Å². The number of carbonyl (C=O) groups is 2. The zero-order valence-electron chi connectivity index (χ0n) is 16.4. The third-order valence-corrected chi connectivity index (χ3v) is 5.54. The predicted molar refractivity (Wildman–Crippen MR) is 117 cm³/mol. The summed E-state index contributed by atoms with van der Waals surface area (Å²) in [5, 5.41) is 22.6. The van der Waals surface area contributed by atoms with E-state index in [4.69, 9.17) is 0 Å². The molecule has 3 N–H and O–H groups in total. The Morgan fingerprint density at radius 2 is 1.84 bits per heavy atom. The third kappa shape index (κ3) is 3.36. The van der Waals surface area contributed by atoms with E-state index in [1.54, 1.807) is 24.3 Å². The first kappa shape index (κ1) is 18.7. The van der Waals surface area contributed by atoms with Crippen LogP contribution in [-0.2, 0) is 12.8 Å². The van der Waals surface area contributed by atoms with Crippen LogP contribution >= 0.6 is 0 Å². The van der Waals surface area contributed by atoms with Crippen molar-refractivity contribution in [3.05, 3.63) is 88.6 Å². The van der Waals surface area contributed by atoms with Gasteiger partial charge in [-0.15, -0.1) is 0 Å². The molecule has 5 rings (SSSR count). The molecule has 3 aromatic carbocycles. The molecular formula is C24H18N4O3. The van der Waals surface area contributed by atoms with Gasteiger partial charge in [-0.1, -0.05) is 48.5 Å². The lowest BCUT2D eigenvalue weighted by Crippen LogP contribution is -2.18. The van der Waals surface area contributed by atoms with E-state index in [1.165, 1.54) is 28.8 Å². The number of aromatic carboxylic acids is 1. The molecule has 4 aromatic rings. The van der Waals surface area contributed by atoms with Crippen molar-refractivity contribution in [2.75, 3.05) is 0 Å². The van der Waals surface area contributed by atoms with Gasteiger partial charge in [0, 0.05) is 11.1 Å². The average molecular weight is 410 g/mol. The van der Waals surface area contributed by atoms with Gasteiger partial charge < -0.3 is 5.11 Å². The molecule has 1 aliphatic rings. The van der Waals surface area contributed by atoms with Crippen molar-refractivity contribution in [3.8, 4) is 11.3 Å². The summed E-state index contributed by atoms with van der Waals surface area (Å²) in [4.78, 5) is 23.7.